The highest BCUT2D eigenvalue weighted by Gasteiger charge is 2.34. The Morgan fingerprint density at radius 3 is 2.71 bits per heavy atom. The number of benzene rings is 1. The van der Waals surface area contributed by atoms with Crippen LogP contribution in [0.2, 0.25) is 0 Å². The summed E-state index contributed by atoms with van der Waals surface area (Å²) < 4.78 is 0. The first kappa shape index (κ1) is 17.4. The fraction of sp³-hybridized carbons (Fsp3) is 0.650. The minimum Gasteiger partial charge on any atom is -0.342 e. The van der Waals surface area contributed by atoms with Crippen LogP contribution in [0.25, 0.3) is 0 Å². The molecule has 2 N–H and O–H groups in total. The zero-order chi connectivity index (χ0) is 16.9. The standard InChI is InChI=1S/C20H31N3O/c1-2-23(20(24)18-9-6-10-19(18)21)15-17-11-12-22(14-17)13-16-7-4-3-5-8-16/h3-5,7-8,17-19H,2,6,9-15,21H2,1H3/t17-,18+,19-/m1/s1. The van der Waals surface area contributed by atoms with Crippen molar-refractivity contribution in [2.75, 3.05) is 26.2 Å². The van der Waals surface area contributed by atoms with Crippen molar-refractivity contribution in [2.24, 2.45) is 17.6 Å². The van der Waals surface area contributed by atoms with Crippen LogP contribution < -0.4 is 5.73 Å². The van der Waals surface area contributed by atoms with Gasteiger partial charge in [0.1, 0.15) is 0 Å². The highest BCUT2D eigenvalue weighted by Crippen LogP contribution is 2.27. The molecule has 1 amide bonds. The molecule has 0 unspecified atom stereocenters. The summed E-state index contributed by atoms with van der Waals surface area (Å²) in [7, 11) is 0. The summed E-state index contributed by atoms with van der Waals surface area (Å²) in [6.07, 6.45) is 4.26. The molecule has 1 aromatic carbocycles. The van der Waals surface area contributed by atoms with Gasteiger partial charge in [0.2, 0.25) is 5.91 Å². The molecule has 1 saturated heterocycles. The Hall–Kier alpha value is -1.39. The molecule has 1 aromatic rings. The lowest BCUT2D eigenvalue weighted by molar-refractivity contribution is -0.136. The van der Waals surface area contributed by atoms with Crippen LogP contribution in [0, 0.1) is 11.8 Å². The Morgan fingerprint density at radius 1 is 1.25 bits per heavy atom. The van der Waals surface area contributed by atoms with E-state index in [1.165, 1.54) is 12.0 Å². The van der Waals surface area contributed by atoms with Gasteiger partial charge in [-0.15, -0.1) is 0 Å². The maximum Gasteiger partial charge on any atom is 0.227 e. The maximum absolute atomic E-state index is 12.8. The first-order chi connectivity index (χ1) is 11.7. The lowest BCUT2D eigenvalue weighted by Crippen LogP contribution is -2.44. The van der Waals surface area contributed by atoms with Gasteiger partial charge in [-0.05, 0) is 44.2 Å². The first-order valence-corrected chi connectivity index (χ1v) is 9.48. The molecule has 1 heterocycles. The number of nitrogens with zero attached hydrogens (tertiary/aromatic N) is 2. The molecule has 4 heteroatoms. The topological polar surface area (TPSA) is 49.6 Å². The fourth-order valence-corrected chi connectivity index (χ4v) is 4.26. The van der Waals surface area contributed by atoms with Crippen molar-refractivity contribution in [1.82, 2.24) is 9.80 Å². The second-order valence-corrected chi connectivity index (χ2v) is 7.45. The summed E-state index contributed by atoms with van der Waals surface area (Å²) in [5, 5.41) is 0. The zero-order valence-corrected chi connectivity index (χ0v) is 14.9. The van der Waals surface area contributed by atoms with Gasteiger partial charge >= 0.3 is 0 Å². The van der Waals surface area contributed by atoms with Gasteiger partial charge in [0, 0.05) is 32.2 Å². The zero-order valence-electron chi connectivity index (χ0n) is 14.9. The van der Waals surface area contributed by atoms with Crippen LogP contribution in [0.4, 0.5) is 0 Å². The molecule has 3 atom stereocenters. The van der Waals surface area contributed by atoms with Crippen LogP contribution >= 0.6 is 0 Å². The molecule has 1 aliphatic heterocycles. The van der Waals surface area contributed by atoms with Crippen LogP contribution in [0.5, 0.6) is 0 Å². The highest BCUT2D eigenvalue weighted by atomic mass is 16.2. The smallest absolute Gasteiger partial charge is 0.227 e. The predicted octanol–water partition coefficient (Wildman–Crippen LogP) is 2.48. The monoisotopic (exact) mass is 329 g/mol. The molecule has 0 bridgehead atoms. The maximum atomic E-state index is 12.8. The third-order valence-electron chi connectivity index (χ3n) is 5.68. The number of amides is 1. The third kappa shape index (κ3) is 4.17. The van der Waals surface area contributed by atoms with E-state index >= 15 is 0 Å². The van der Waals surface area contributed by atoms with Gasteiger partial charge in [0.25, 0.3) is 0 Å². The molecule has 3 rings (SSSR count). The minimum absolute atomic E-state index is 0.0618. The van der Waals surface area contributed by atoms with E-state index in [4.69, 9.17) is 5.73 Å². The third-order valence-corrected chi connectivity index (χ3v) is 5.68. The molecule has 0 spiro atoms. The van der Waals surface area contributed by atoms with E-state index in [0.29, 0.717) is 11.8 Å². The second-order valence-electron chi connectivity index (χ2n) is 7.45. The molecule has 0 aromatic heterocycles. The van der Waals surface area contributed by atoms with E-state index in [1.807, 2.05) is 0 Å². The number of nitrogens with two attached hydrogens (primary N) is 1. The van der Waals surface area contributed by atoms with Gasteiger partial charge in [-0.2, -0.15) is 0 Å². The number of hydrogen-bond acceptors (Lipinski definition) is 3. The van der Waals surface area contributed by atoms with Crippen LogP contribution in [0.15, 0.2) is 30.3 Å². The number of hydrogen-bond donors (Lipinski definition) is 1. The van der Waals surface area contributed by atoms with Gasteiger partial charge < -0.3 is 10.6 Å². The Morgan fingerprint density at radius 2 is 2.04 bits per heavy atom. The van der Waals surface area contributed by atoms with Gasteiger partial charge in [0.05, 0.1) is 5.92 Å². The average Bonchev–Trinajstić information content (AvgIpc) is 3.22. The van der Waals surface area contributed by atoms with E-state index in [-0.39, 0.29) is 12.0 Å². The van der Waals surface area contributed by atoms with E-state index < -0.39 is 0 Å². The van der Waals surface area contributed by atoms with E-state index in [0.717, 1.165) is 52.0 Å². The summed E-state index contributed by atoms with van der Waals surface area (Å²) in [4.78, 5) is 17.4. The van der Waals surface area contributed by atoms with Crippen molar-refractivity contribution in [3.8, 4) is 0 Å². The number of carbonyl (C=O) groups excluding carboxylic acids is 1. The van der Waals surface area contributed by atoms with Gasteiger partial charge in [-0.25, -0.2) is 0 Å². The summed E-state index contributed by atoms with van der Waals surface area (Å²) in [5.74, 6) is 0.950. The molecular weight excluding hydrogens is 298 g/mol. The van der Waals surface area contributed by atoms with Crippen molar-refractivity contribution in [3.05, 3.63) is 35.9 Å². The van der Waals surface area contributed by atoms with Crippen LogP contribution in [-0.2, 0) is 11.3 Å². The van der Waals surface area contributed by atoms with Crippen molar-refractivity contribution >= 4 is 5.91 Å². The van der Waals surface area contributed by atoms with Crippen molar-refractivity contribution in [2.45, 2.75) is 45.2 Å². The van der Waals surface area contributed by atoms with Crippen LogP contribution in [0.3, 0.4) is 0 Å². The fourth-order valence-electron chi connectivity index (χ4n) is 4.26. The Kier molecular flexibility index (Phi) is 5.90. The molecule has 4 nitrogen and oxygen atoms in total. The summed E-state index contributed by atoms with van der Waals surface area (Å²) in [5.41, 5.74) is 7.51. The SMILES string of the molecule is CCN(C[C@@H]1CCN(Cc2ccccc2)C1)C(=O)[C@H]1CCC[C@H]1N. The van der Waals surface area contributed by atoms with E-state index in [2.05, 4.69) is 47.1 Å². The summed E-state index contributed by atoms with van der Waals surface area (Å²) in [6, 6.07) is 10.7. The van der Waals surface area contributed by atoms with Crippen molar-refractivity contribution < 1.29 is 4.79 Å². The van der Waals surface area contributed by atoms with Crippen LogP contribution in [0.1, 0.15) is 38.2 Å². The normalized spacial score (nSPS) is 27.5. The Bertz CT molecular complexity index is 533. The molecule has 132 valence electrons. The molecule has 1 aliphatic carbocycles. The second kappa shape index (κ2) is 8.13. The minimum atomic E-state index is 0.0618. The van der Waals surface area contributed by atoms with E-state index in [1.54, 1.807) is 0 Å². The quantitative estimate of drug-likeness (QED) is 0.872. The predicted molar refractivity (Wildman–Crippen MR) is 97.4 cm³/mol. The Balaban J connectivity index is 1.51. The van der Waals surface area contributed by atoms with Crippen molar-refractivity contribution in [3.63, 3.8) is 0 Å². The average molecular weight is 329 g/mol. The van der Waals surface area contributed by atoms with Gasteiger partial charge in [0.15, 0.2) is 0 Å². The molecule has 24 heavy (non-hydrogen) atoms. The lowest BCUT2D eigenvalue weighted by Gasteiger charge is -2.28. The van der Waals surface area contributed by atoms with Gasteiger partial charge in [-0.1, -0.05) is 36.8 Å². The lowest BCUT2D eigenvalue weighted by atomic mass is 10.0. The summed E-state index contributed by atoms with van der Waals surface area (Å²) in [6.45, 7) is 7.03. The summed E-state index contributed by atoms with van der Waals surface area (Å²) >= 11 is 0. The van der Waals surface area contributed by atoms with E-state index in [9.17, 15) is 4.79 Å². The molecular formula is C20H31N3O. The number of rotatable bonds is 6. The number of carbonyl (C=O) groups is 1. The van der Waals surface area contributed by atoms with Gasteiger partial charge in [-0.3, -0.25) is 9.69 Å². The highest BCUT2D eigenvalue weighted by molar-refractivity contribution is 5.79. The van der Waals surface area contributed by atoms with Crippen LogP contribution in [-0.4, -0.2) is 47.9 Å². The van der Waals surface area contributed by atoms with Crippen molar-refractivity contribution in [1.29, 1.82) is 0 Å². The molecule has 2 aliphatic rings. The Labute approximate surface area is 146 Å². The largest absolute Gasteiger partial charge is 0.342 e. The molecule has 0 radical (unpaired) electrons. The number of likely N-dealkylation sites (tertiary alicyclic amines) is 1. The molecule has 2 fully saturated rings. The first-order valence-electron chi connectivity index (χ1n) is 9.48. The molecule has 1 saturated carbocycles.